The lowest BCUT2D eigenvalue weighted by atomic mass is 10.1. The van der Waals surface area contributed by atoms with Gasteiger partial charge in [0.25, 0.3) is 0 Å². The highest BCUT2D eigenvalue weighted by molar-refractivity contribution is 8.00. The molecule has 106 valence electrons. The minimum Gasteiger partial charge on any atom is -0.496 e. The van der Waals surface area contributed by atoms with Gasteiger partial charge in [0, 0.05) is 42.2 Å². The maximum atomic E-state index is 5.78. The summed E-state index contributed by atoms with van der Waals surface area (Å²) in [6.45, 7) is 8.49. The second-order valence-electron chi connectivity index (χ2n) is 5.30. The minimum absolute atomic E-state index is 0.527. The number of methoxy groups -OCH3 is 1. The van der Waals surface area contributed by atoms with Crippen molar-refractivity contribution in [2.24, 2.45) is 5.73 Å². The molecule has 2 rings (SSSR count). The maximum absolute atomic E-state index is 5.78. The lowest BCUT2D eigenvalue weighted by Gasteiger charge is -2.34. The van der Waals surface area contributed by atoms with Crippen molar-refractivity contribution in [2.45, 2.75) is 37.4 Å². The molecular formula is C15H24N2OS. The Hall–Kier alpha value is -0.710. The van der Waals surface area contributed by atoms with E-state index in [4.69, 9.17) is 10.5 Å². The first-order valence-corrected chi connectivity index (χ1v) is 7.80. The zero-order valence-electron chi connectivity index (χ0n) is 12.1. The molecule has 1 saturated heterocycles. The Bertz CT molecular complexity index is 415. The zero-order chi connectivity index (χ0) is 13.8. The van der Waals surface area contributed by atoms with Crippen molar-refractivity contribution in [3.8, 4) is 5.75 Å². The van der Waals surface area contributed by atoms with Crippen LogP contribution in [0.25, 0.3) is 0 Å². The maximum Gasteiger partial charge on any atom is 0.123 e. The third kappa shape index (κ3) is 3.88. The normalized spacial score (nSPS) is 24.4. The van der Waals surface area contributed by atoms with Gasteiger partial charge in [0.2, 0.25) is 0 Å². The van der Waals surface area contributed by atoms with E-state index in [2.05, 4.69) is 42.6 Å². The van der Waals surface area contributed by atoms with E-state index in [1.165, 1.54) is 18.7 Å². The van der Waals surface area contributed by atoms with Crippen LogP contribution < -0.4 is 10.5 Å². The Morgan fingerprint density at radius 2 is 2.00 bits per heavy atom. The van der Waals surface area contributed by atoms with Gasteiger partial charge in [0.05, 0.1) is 7.11 Å². The van der Waals surface area contributed by atoms with Crippen molar-refractivity contribution in [3.63, 3.8) is 0 Å². The Morgan fingerprint density at radius 3 is 2.58 bits per heavy atom. The third-order valence-electron chi connectivity index (χ3n) is 3.47. The van der Waals surface area contributed by atoms with E-state index in [-0.39, 0.29) is 0 Å². The van der Waals surface area contributed by atoms with Gasteiger partial charge in [-0.3, -0.25) is 4.90 Å². The Balaban J connectivity index is 2.06. The van der Waals surface area contributed by atoms with Gasteiger partial charge < -0.3 is 10.5 Å². The SMILES string of the molecule is COc1ccc(CN2CC(C)SC(C)C2)cc1CN. The predicted octanol–water partition coefficient (Wildman–Crippen LogP) is 2.48. The van der Waals surface area contributed by atoms with Gasteiger partial charge in [-0.05, 0) is 17.7 Å². The summed E-state index contributed by atoms with van der Waals surface area (Å²) >= 11 is 2.09. The molecule has 0 radical (unpaired) electrons. The molecule has 1 aromatic carbocycles. The number of rotatable bonds is 4. The van der Waals surface area contributed by atoms with Crippen LogP contribution in [0.1, 0.15) is 25.0 Å². The molecule has 0 saturated carbocycles. The Morgan fingerprint density at radius 1 is 1.32 bits per heavy atom. The van der Waals surface area contributed by atoms with Crippen molar-refractivity contribution < 1.29 is 4.74 Å². The van der Waals surface area contributed by atoms with E-state index in [9.17, 15) is 0 Å². The fourth-order valence-electron chi connectivity index (χ4n) is 2.76. The van der Waals surface area contributed by atoms with Gasteiger partial charge in [-0.1, -0.05) is 19.9 Å². The smallest absolute Gasteiger partial charge is 0.123 e. The number of thioether (sulfide) groups is 1. The molecule has 2 unspecified atom stereocenters. The van der Waals surface area contributed by atoms with E-state index < -0.39 is 0 Å². The molecule has 0 aromatic heterocycles. The highest BCUT2D eigenvalue weighted by Gasteiger charge is 2.22. The zero-order valence-corrected chi connectivity index (χ0v) is 12.9. The van der Waals surface area contributed by atoms with Gasteiger partial charge in [-0.2, -0.15) is 11.8 Å². The number of nitrogens with two attached hydrogens (primary N) is 1. The van der Waals surface area contributed by atoms with E-state index >= 15 is 0 Å². The van der Waals surface area contributed by atoms with E-state index in [0.717, 1.165) is 28.4 Å². The average molecular weight is 280 g/mol. The first-order valence-electron chi connectivity index (χ1n) is 6.86. The minimum atomic E-state index is 0.527. The van der Waals surface area contributed by atoms with Crippen LogP contribution in [0.15, 0.2) is 18.2 Å². The number of ether oxygens (including phenoxy) is 1. The molecule has 1 fully saturated rings. The monoisotopic (exact) mass is 280 g/mol. The van der Waals surface area contributed by atoms with Gasteiger partial charge >= 0.3 is 0 Å². The molecule has 2 atom stereocenters. The van der Waals surface area contributed by atoms with Crippen LogP contribution in [-0.2, 0) is 13.1 Å². The van der Waals surface area contributed by atoms with Gasteiger partial charge in [0.1, 0.15) is 5.75 Å². The summed E-state index contributed by atoms with van der Waals surface area (Å²) in [5.74, 6) is 0.891. The molecule has 0 spiro atoms. The van der Waals surface area contributed by atoms with Crippen LogP contribution in [0.2, 0.25) is 0 Å². The highest BCUT2D eigenvalue weighted by atomic mass is 32.2. The molecule has 4 heteroatoms. The lowest BCUT2D eigenvalue weighted by molar-refractivity contribution is 0.262. The summed E-state index contributed by atoms with van der Waals surface area (Å²) in [5.41, 5.74) is 8.19. The quantitative estimate of drug-likeness (QED) is 0.919. The fraction of sp³-hybridized carbons (Fsp3) is 0.600. The standard InChI is InChI=1S/C15H24N2OS/c1-11-8-17(9-12(2)19-11)10-13-4-5-15(18-3)14(6-13)7-16/h4-6,11-12H,7-10,16H2,1-3H3. The summed E-state index contributed by atoms with van der Waals surface area (Å²) in [7, 11) is 1.69. The molecule has 1 aliphatic heterocycles. The third-order valence-corrected chi connectivity index (χ3v) is 4.69. The Labute approximate surface area is 120 Å². The summed E-state index contributed by atoms with van der Waals surface area (Å²) in [6, 6.07) is 6.36. The second-order valence-corrected chi connectivity index (χ2v) is 7.18. The lowest BCUT2D eigenvalue weighted by Crippen LogP contribution is -2.39. The van der Waals surface area contributed by atoms with Crippen molar-refractivity contribution in [1.29, 1.82) is 0 Å². The first-order chi connectivity index (χ1) is 9.12. The summed E-state index contributed by atoms with van der Waals surface area (Å²) in [6.07, 6.45) is 0. The molecule has 0 aliphatic carbocycles. The van der Waals surface area contributed by atoms with Crippen LogP contribution in [-0.4, -0.2) is 35.6 Å². The van der Waals surface area contributed by atoms with Gasteiger partial charge in [0.15, 0.2) is 0 Å². The van der Waals surface area contributed by atoms with Crippen molar-refractivity contribution in [2.75, 3.05) is 20.2 Å². The van der Waals surface area contributed by atoms with Crippen molar-refractivity contribution in [3.05, 3.63) is 29.3 Å². The van der Waals surface area contributed by atoms with Crippen LogP contribution in [0.5, 0.6) is 5.75 Å². The van der Waals surface area contributed by atoms with Crippen LogP contribution in [0, 0.1) is 0 Å². The number of hydrogen-bond donors (Lipinski definition) is 1. The molecular weight excluding hydrogens is 256 g/mol. The number of nitrogens with zero attached hydrogens (tertiary/aromatic N) is 1. The Kier molecular flexibility index (Phi) is 5.13. The number of benzene rings is 1. The van der Waals surface area contributed by atoms with Crippen LogP contribution in [0.4, 0.5) is 0 Å². The molecule has 0 amide bonds. The molecule has 3 nitrogen and oxygen atoms in total. The first kappa shape index (κ1) is 14.7. The predicted molar refractivity (Wildman–Crippen MR) is 82.7 cm³/mol. The molecule has 1 aliphatic rings. The van der Waals surface area contributed by atoms with Crippen molar-refractivity contribution in [1.82, 2.24) is 4.90 Å². The largest absolute Gasteiger partial charge is 0.496 e. The highest BCUT2D eigenvalue weighted by Crippen LogP contribution is 2.26. The van der Waals surface area contributed by atoms with Crippen LogP contribution in [0.3, 0.4) is 0 Å². The average Bonchev–Trinajstić information content (AvgIpc) is 2.37. The molecule has 0 bridgehead atoms. The summed E-state index contributed by atoms with van der Waals surface area (Å²) in [5, 5.41) is 1.44. The van der Waals surface area contributed by atoms with Crippen LogP contribution >= 0.6 is 11.8 Å². The molecule has 1 heterocycles. The van der Waals surface area contributed by atoms with E-state index in [1.54, 1.807) is 7.11 Å². The summed E-state index contributed by atoms with van der Waals surface area (Å²) < 4.78 is 5.32. The topological polar surface area (TPSA) is 38.5 Å². The number of hydrogen-bond acceptors (Lipinski definition) is 4. The fourth-order valence-corrected chi connectivity index (χ4v) is 4.15. The molecule has 19 heavy (non-hydrogen) atoms. The summed E-state index contributed by atoms with van der Waals surface area (Å²) in [4.78, 5) is 2.54. The van der Waals surface area contributed by atoms with Gasteiger partial charge in [-0.15, -0.1) is 0 Å². The van der Waals surface area contributed by atoms with E-state index in [0.29, 0.717) is 6.54 Å². The molecule has 1 aromatic rings. The van der Waals surface area contributed by atoms with Gasteiger partial charge in [-0.25, -0.2) is 0 Å². The van der Waals surface area contributed by atoms with Crippen molar-refractivity contribution >= 4 is 11.8 Å². The molecule has 2 N–H and O–H groups in total. The second kappa shape index (κ2) is 6.64. The van der Waals surface area contributed by atoms with E-state index in [1.807, 2.05) is 6.07 Å².